The first-order chi connectivity index (χ1) is 16.9. The molecule has 0 saturated heterocycles. The number of hydrogen-bond donors (Lipinski definition) is 1. The predicted molar refractivity (Wildman–Crippen MR) is 143 cm³/mol. The van der Waals surface area contributed by atoms with Gasteiger partial charge in [-0.2, -0.15) is 5.26 Å². The molecule has 0 aliphatic heterocycles. The summed E-state index contributed by atoms with van der Waals surface area (Å²) in [6.07, 6.45) is 1.41. The number of fused-ring (bicyclic) bond motifs is 1. The molecule has 0 unspecified atom stereocenters. The second kappa shape index (κ2) is 10.8. The number of carbonyl (C=O) groups is 1. The van der Waals surface area contributed by atoms with E-state index in [2.05, 4.69) is 5.32 Å². The van der Waals surface area contributed by atoms with Crippen LogP contribution in [0.25, 0.3) is 16.8 Å². The second-order valence-electron chi connectivity index (χ2n) is 7.83. The normalized spacial score (nSPS) is 11.2. The molecule has 7 heteroatoms. The van der Waals surface area contributed by atoms with E-state index in [1.54, 1.807) is 30.3 Å². The molecule has 1 N–H and O–H groups in total. The number of amides is 1. The van der Waals surface area contributed by atoms with E-state index in [4.69, 9.17) is 39.5 Å². The SMILES string of the molecule is Cc1ccc(NC(=O)/C(C#N)=C\c2cc(Cl)c(OCc3cccc4ccccc34)c(Cl)c2)cc1Cl. The molecule has 174 valence electrons. The zero-order chi connectivity index (χ0) is 24.9. The minimum atomic E-state index is -0.573. The molecule has 0 heterocycles. The standard InChI is InChI=1S/C28H19Cl3N2O2/c1-17-9-10-22(14-24(17)29)33-28(34)21(15-32)11-18-12-25(30)27(26(31)13-18)35-16-20-7-4-6-19-5-2-3-8-23(19)20/h2-14H,16H2,1H3,(H,33,34)/b21-11-. The summed E-state index contributed by atoms with van der Waals surface area (Å²) in [7, 11) is 0. The maximum absolute atomic E-state index is 12.6. The quantitative estimate of drug-likeness (QED) is 0.205. The van der Waals surface area contributed by atoms with Crippen LogP contribution in [0.4, 0.5) is 5.69 Å². The Morgan fingerprint density at radius 1 is 0.971 bits per heavy atom. The van der Waals surface area contributed by atoms with Crippen LogP contribution in [0, 0.1) is 18.3 Å². The Bertz CT molecular complexity index is 1480. The van der Waals surface area contributed by atoms with Crippen LogP contribution in [-0.4, -0.2) is 5.91 Å². The highest BCUT2D eigenvalue weighted by Crippen LogP contribution is 2.36. The number of nitrogens with one attached hydrogen (secondary N) is 1. The first kappa shape index (κ1) is 24.6. The number of halogens is 3. The Kier molecular flexibility index (Phi) is 7.63. The summed E-state index contributed by atoms with van der Waals surface area (Å²) < 4.78 is 5.95. The Balaban J connectivity index is 1.53. The summed E-state index contributed by atoms with van der Waals surface area (Å²) in [5.41, 5.74) is 2.75. The molecule has 0 aliphatic carbocycles. The molecule has 35 heavy (non-hydrogen) atoms. The molecule has 0 bridgehead atoms. The molecule has 4 nitrogen and oxygen atoms in total. The molecule has 0 aliphatic rings. The molecule has 4 rings (SSSR count). The van der Waals surface area contributed by atoms with E-state index in [1.807, 2.05) is 55.5 Å². The van der Waals surface area contributed by atoms with Crippen molar-refractivity contribution in [3.8, 4) is 11.8 Å². The van der Waals surface area contributed by atoms with E-state index >= 15 is 0 Å². The zero-order valence-corrected chi connectivity index (χ0v) is 20.9. The Morgan fingerprint density at radius 3 is 2.40 bits per heavy atom. The van der Waals surface area contributed by atoms with Gasteiger partial charge in [0.05, 0.1) is 10.0 Å². The van der Waals surface area contributed by atoms with Crippen LogP contribution in [0.1, 0.15) is 16.7 Å². The Labute approximate surface area is 218 Å². The molecule has 0 saturated carbocycles. The van der Waals surface area contributed by atoms with E-state index in [0.29, 0.717) is 22.0 Å². The summed E-state index contributed by atoms with van der Waals surface area (Å²) in [4.78, 5) is 12.6. The smallest absolute Gasteiger partial charge is 0.266 e. The lowest BCUT2D eigenvalue weighted by Crippen LogP contribution is -2.13. The van der Waals surface area contributed by atoms with Gasteiger partial charge in [0.2, 0.25) is 0 Å². The van der Waals surface area contributed by atoms with E-state index < -0.39 is 5.91 Å². The minimum Gasteiger partial charge on any atom is -0.486 e. The average molecular weight is 522 g/mol. The molecule has 0 fully saturated rings. The van der Waals surface area contributed by atoms with Crippen molar-refractivity contribution in [2.45, 2.75) is 13.5 Å². The van der Waals surface area contributed by atoms with Gasteiger partial charge in [-0.15, -0.1) is 0 Å². The molecule has 0 aromatic heterocycles. The lowest BCUT2D eigenvalue weighted by atomic mass is 10.1. The monoisotopic (exact) mass is 520 g/mol. The highest BCUT2D eigenvalue weighted by atomic mass is 35.5. The van der Waals surface area contributed by atoms with Crippen molar-refractivity contribution in [2.24, 2.45) is 0 Å². The topological polar surface area (TPSA) is 62.1 Å². The number of hydrogen-bond acceptors (Lipinski definition) is 3. The number of ether oxygens (including phenoxy) is 1. The molecular weight excluding hydrogens is 503 g/mol. The van der Waals surface area contributed by atoms with Gasteiger partial charge >= 0.3 is 0 Å². The number of aryl methyl sites for hydroxylation is 1. The van der Waals surface area contributed by atoms with Gasteiger partial charge in [0.1, 0.15) is 18.2 Å². The number of nitriles is 1. The zero-order valence-electron chi connectivity index (χ0n) is 18.6. The number of rotatable bonds is 6. The maximum atomic E-state index is 12.6. The fourth-order valence-electron chi connectivity index (χ4n) is 3.55. The van der Waals surface area contributed by atoms with Crippen LogP contribution >= 0.6 is 34.8 Å². The highest BCUT2D eigenvalue weighted by Gasteiger charge is 2.14. The van der Waals surface area contributed by atoms with Crippen LogP contribution in [0.2, 0.25) is 15.1 Å². The van der Waals surface area contributed by atoms with Crippen molar-refractivity contribution in [3.05, 3.63) is 110 Å². The van der Waals surface area contributed by atoms with Crippen molar-refractivity contribution in [3.63, 3.8) is 0 Å². The maximum Gasteiger partial charge on any atom is 0.266 e. The summed E-state index contributed by atoms with van der Waals surface area (Å²) in [5.74, 6) is -0.244. The predicted octanol–water partition coefficient (Wildman–Crippen LogP) is 8.23. The summed E-state index contributed by atoms with van der Waals surface area (Å²) >= 11 is 19.0. The summed E-state index contributed by atoms with van der Waals surface area (Å²) in [6.45, 7) is 2.14. The van der Waals surface area contributed by atoms with E-state index in [9.17, 15) is 10.1 Å². The van der Waals surface area contributed by atoms with Crippen molar-refractivity contribution in [1.82, 2.24) is 0 Å². The largest absolute Gasteiger partial charge is 0.486 e. The van der Waals surface area contributed by atoms with Gasteiger partial charge in [-0.1, -0.05) is 83.3 Å². The van der Waals surface area contributed by atoms with Gasteiger partial charge in [-0.05, 0) is 64.7 Å². The molecule has 0 atom stereocenters. The van der Waals surface area contributed by atoms with Crippen molar-refractivity contribution in [2.75, 3.05) is 5.32 Å². The number of carbonyl (C=O) groups excluding carboxylic acids is 1. The number of benzene rings is 4. The van der Waals surface area contributed by atoms with Crippen LogP contribution in [0.15, 0.2) is 78.4 Å². The third-order valence-corrected chi connectivity index (χ3v) is 6.35. The molecule has 4 aromatic rings. The molecule has 1 amide bonds. The van der Waals surface area contributed by atoms with Gasteiger partial charge in [0.15, 0.2) is 5.75 Å². The number of nitrogens with zero attached hydrogens (tertiary/aromatic N) is 1. The van der Waals surface area contributed by atoms with Crippen molar-refractivity contribution >= 4 is 63.2 Å². The molecule has 4 aromatic carbocycles. The van der Waals surface area contributed by atoms with Gasteiger partial charge < -0.3 is 10.1 Å². The van der Waals surface area contributed by atoms with Crippen LogP contribution in [0.5, 0.6) is 5.75 Å². The fraction of sp³-hybridized carbons (Fsp3) is 0.0714. The third kappa shape index (κ3) is 5.78. The lowest BCUT2D eigenvalue weighted by molar-refractivity contribution is -0.112. The fourth-order valence-corrected chi connectivity index (χ4v) is 4.35. The van der Waals surface area contributed by atoms with Gasteiger partial charge in [0, 0.05) is 10.7 Å². The van der Waals surface area contributed by atoms with Gasteiger partial charge in [-0.3, -0.25) is 4.79 Å². The first-order valence-electron chi connectivity index (χ1n) is 10.6. The Morgan fingerprint density at radius 2 is 1.69 bits per heavy atom. The van der Waals surface area contributed by atoms with Crippen molar-refractivity contribution in [1.29, 1.82) is 5.26 Å². The van der Waals surface area contributed by atoms with E-state index in [0.717, 1.165) is 21.9 Å². The molecule has 0 radical (unpaired) electrons. The van der Waals surface area contributed by atoms with Crippen LogP contribution in [0.3, 0.4) is 0 Å². The summed E-state index contributed by atoms with van der Waals surface area (Å²) in [6, 6.07) is 24.2. The minimum absolute atomic E-state index is 0.113. The number of anilines is 1. The highest BCUT2D eigenvalue weighted by molar-refractivity contribution is 6.37. The average Bonchev–Trinajstić information content (AvgIpc) is 2.84. The van der Waals surface area contributed by atoms with Crippen LogP contribution < -0.4 is 10.1 Å². The van der Waals surface area contributed by atoms with Crippen LogP contribution in [-0.2, 0) is 11.4 Å². The van der Waals surface area contributed by atoms with E-state index in [-0.39, 0.29) is 22.2 Å². The van der Waals surface area contributed by atoms with Gasteiger partial charge in [0.25, 0.3) is 5.91 Å². The Hall–Kier alpha value is -3.49. The first-order valence-corrected chi connectivity index (χ1v) is 11.8. The third-order valence-electron chi connectivity index (χ3n) is 5.38. The van der Waals surface area contributed by atoms with E-state index in [1.165, 1.54) is 6.08 Å². The van der Waals surface area contributed by atoms with Gasteiger partial charge in [-0.25, -0.2) is 0 Å². The summed E-state index contributed by atoms with van der Waals surface area (Å²) in [5, 5.41) is 15.5. The molecule has 0 spiro atoms. The molecular formula is C28H19Cl3N2O2. The lowest BCUT2D eigenvalue weighted by Gasteiger charge is -2.13. The van der Waals surface area contributed by atoms with Crippen molar-refractivity contribution < 1.29 is 9.53 Å². The second-order valence-corrected chi connectivity index (χ2v) is 9.05.